The fourth-order valence-electron chi connectivity index (χ4n) is 3.42. The molecule has 0 fully saturated rings. The van der Waals surface area contributed by atoms with Crippen molar-refractivity contribution in [2.24, 2.45) is 0 Å². The van der Waals surface area contributed by atoms with Crippen molar-refractivity contribution in [3.8, 4) is 0 Å². The minimum atomic E-state index is -0.551. The summed E-state index contributed by atoms with van der Waals surface area (Å²) < 4.78 is 6.82. The highest BCUT2D eigenvalue weighted by atomic mass is 16.6. The van der Waals surface area contributed by atoms with Gasteiger partial charge in [0.1, 0.15) is 0 Å². The summed E-state index contributed by atoms with van der Waals surface area (Å²) in [6.07, 6.45) is 1.71. The second-order valence-corrected chi connectivity index (χ2v) is 6.42. The number of esters is 1. The van der Waals surface area contributed by atoms with Crippen LogP contribution < -0.4 is 0 Å². The standard InChI is InChI=1S/C22H16N2O5/c1-2-29-22(26)18-13-19(21(25)15-7-5-8-16(12-15)24(27)28)23-11-10-14-6-3-4-9-17(14)20(18)23/h3-13H,2H2,1H3. The maximum Gasteiger partial charge on any atom is 0.340 e. The van der Waals surface area contributed by atoms with E-state index < -0.39 is 16.7 Å². The lowest BCUT2D eigenvalue weighted by Gasteiger charge is -2.06. The van der Waals surface area contributed by atoms with Gasteiger partial charge in [-0.2, -0.15) is 0 Å². The number of nitro benzene ring substituents is 1. The van der Waals surface area contributed by atoms with Crippen LogP contribution in [-0.4, -0.2) is 27.7 Å². The first-order valence-electron chi connectivity index (χ1n) is 9.00. The Labute approximate surface area is 165 Å². The lowest BCUT2D eigenvalue weighted by atomic mass is 10.1. The number of benzene rings is 2. The zero-order chi connectivity index (χ0) is 20.5. The minimum absolute atomic E-state index is 0.169. The highest BCUT2D eigenvalue weighted by molar-refractivity contribution is 6.15. The van der Waals surface area contributed by atoms with Crippen LogP contribution >= 0.6 is 0 Å². The first-order valence-corrected chi connectivity index (χ1v) is 9.00. The SMILES string of the molecule is CCOC(=O)c1cc(C(=O)c2cccc([N+](=O)[O-])c2)n2ccc3ccccc3c12. The van der Waals surface area contributed by atoms with Crippen LogP contribution in [-0.2, 0) is 4.74 Å². The van der Waals surface area contributed by atoms with Crippen molar-refractivity contribution >= 4 is 33.7 Å². The third-order valence-corrected chi connectivity index (χ3v) is 4.70. The van der Waals surface area contributed by atoms with Gasteiger partial charge in [-0.3, -0.25) is 14.9 Å². The minimum Gasteiger partial charge on any atom is -0.462 e. The third kappa shape index (κ3) is 3.12. The van der Waals surface area contributed by atoms with Crippen molar-refractivity contribution in [2.45, 2.75) is 6.92 Å². The quantitative estimate of drug-likeness (QED) is 0.219. The number of fused-ring (bicyclic) bond motifs is 3. The van der Waals surface area contributed by atoms with E-state index in [1.165, 1.54) is 30.3 Å². The smallest absolute Gasteiger partial charge is 0.340 e. The molecule has 2 aromatic heterocycles. The molecule has 0 atom stereocenters. The van der Waals surface area contributed by atoms with Gasteiger partial charge in [0.15, 0.2) is 0 Å². The zero-order valence-corrected chi connectivity index (χ0v) is 15.5. The second kappa shape index (κ2) is 7.20. The summed E-state index contributed by atoms with van der Waals surface area (Å²) in [5.74, 6) is -0.950. The van der Waals surface area contributed by atoms with Gasteiger partial charge in [-0.25, -0.2) is 4.79 Å². The molecule has 4 aromatic rings. The van der Waals surface area contributed by atoms with Crippen molar-refractivity contribution in [3.05, 3.63) is 93.8 Å². The molecule has 4 rings (SSSR count). The van der Waals surface area contributed by atoms with Gasteiger partial charge in [-0.1, -0.05) is 36.4 Å². The molecule has 0 radical (unpaired) electrons. The Balaban J connectivity index is 1.97. The first-order chi connectivity index (χ1) is 14.0. The Bertz CT molecular complexity index is 1290. The van der Waals surface area contributed by atoms with Crippen LogP contribution in [0.5, 0.6) is 0 Å². The van der Waals surface area contributed by atoms with Gasteiger partial charge in [0, 0.05) is 29.3 Å². The molecule has 0 unspecified atom stereocenters. The largest absolute Gasteiger partial charge is 0.462 e. The van der Waals surface area contributed by atoms with Crippen molar-refractivity contribution in [1.29, 1.82) is 0 Å². The van der Waals surface area contributed by atoms with E-state index in [1.54, 1.807) is 17.5 Å². The zero-order valence-electron chi connectivity index (χ0n) is 15.5. The number of non-ortho nitro benzene ring substituents is 1. The van der Waals surface area contributed by atoms with Gasteiger partial charge < -0.3 is 9.14 Å². The Kier molecular flexibility index (Phi) is 4.56. The third-order valence-electron chi connectivity index (χ3n) is 4.70. The monoisotopic (exact) mass is 388 g/mol. The molecule has 0 aliphatic heterocycles. The van der Waals surface area contributed by atoms with E-state index in [0.717, 1.165) is 10.8 Å². The normalized spacial score (nSPS) is 10.9. The number of ketones is 1. The summed E-state index contributed by atoms with van der Waals surface area (Å²) in [6, 6.07) is 16.4. The van der Waals surface area contributed by atoms with Gasteiger partial charge in [0.25, 0.3) is 5.69 Å². The van der Waals surface area contributed by atoms with Crippen LogP contribution in [0.3, 0.4) is 0 Å². The summed E-state index contributed by atoms with van der Waals surface area (Å²) in [5.41, 5.74) is 1.07. The number of nitro groups is 1. The number of carbonyl (C=O) groups excluding carboxylic acids is 2. The van der Waals surface area contributed by atoms with E-state index in [2.05, 4.69) is 0 Å². The average Bonchev–Trinajstić information content (AvgIpc) is 3.14. The van der Waals surface area contributed by atoms with E-state index in [4.69, 9.17) is 4.74 Å². The van der Waals surface area contributed by atoms with Crippen molar-refractivity contribution in [3.63, 3.8) is 0 Å². The summed E-state index contributed by atoms with van der Waals surface area (Å²) in [6.45, 7) is 1.92. The number of ether oxygens (including phenoxy) is 1. The van der Waals surface area contributed by atoms with Crippen molar-refractivity contribution in [2.75, 3.05) is 6.61 Å². The van der Waals surface area contributed by atoms with Crippen LogP contribution in [0.15, 0.2) is 66.9 Å². The topological polar surface area (TPSA) is 90.9 Å². The summed E-state index contributed by atoms with van der Waals surface area (Å²) in [4.78, 5) is 36.3. The molecule has 2 aromatic carbocycles. The van der Waals surface area contributed by atoms with E-state index >= 15 is 0 Å². The molecule has 144 valence electrons. The number of hydrogen-bond donors (Lipinski definition) is 0. The molecule has 0 bridgehead atoms. The van der Waals surface area contributed by atoms with Gasteiger partial charge in [0.2, 0.25) is 5.78 Å². The van der Waals surface area contributed by atoms with Gasteiger partial charge in [0.05, 0.1) is 28.3 Å². The molecule has 0 saturated heterocycles. The van der Waals surface area contributed by atoms with Crippen LogP contribution in [0, 0.1) is 10.1 Å². The van der Waals surface area contributed by atoms with Crippen molar-refractivity contribution < 1.29 is 19.2 Å². The molecule has 2 heterocycles. The fraction of sp³-hybridized carbons (Fsp3) is 0.0909. The lowest BCUT2D eigenvalue weighted by Crippen LogP contribution is -2.05. The second-order valence-electron chi connectivity index (χ2n) is 6.42. The molecular weight excluding hydrogens is 372 g/mol. The Morgan fingerprint density at radius 1 is 1.07 bits per heavy atom. The van der Waals surface area contributed by atoms with Gasteiger partial charge in [-0.05, 0) is 24.4 Å². The number of carbonyl (C=O) groups is 2. The molecule has 0 amide bonds. The van der Waals surface area contributed by atoms with Crippen molar-refractivity contribution in [1.82, 2.24) is 4.40 Å². The Morgan fingerprint density at radius 2 is 1.86 bits per heavy atom. The number of rotatable bonds is 5. The summed E-state index contributed by atoms with van der Waals surface area (Å²) in [5, 5.41) is 12.8. The average molecular weight is 388 g/mol. The van der Waals surface area contributed by atoms with Gasteiger partial charge >= 0.3 is 5.97 Å². The Hall–Kier alpha value is -4.00. The van der Waals surface area contributed by atoms with Crippen LogP contribution in [0.2, 0.25) is 0 Å². The Morgan fingerprint density at radius 3 is 2.62 bits per heavy atom. The number of hydrogen-bond acceptors (Lipinski definition) is 5. The van der Waals surface area contributed by atoms with E-state index in [0.29, 0.717) is 5.52 Å². The molecule has 7 nitrogen and oxygen atoms in total. The van der Waals surface area contributed by atoms with Crippen LogP contribution in [0.25, 0.3) is 16.3 Å². The number of nitrogens with zero attached hydrogens (tertiary/aromatic N) is 2. The predicted octanol–water partition coefficient (Wildman–Crippen LogP) is 4.41. The predicted molar refractivity (Wildman–Crippen MR) is 107 cm³/mol. The molecule has 0 saturated carbocycles. The highest BCUT2D eigenvalue weighted by Crippen LogP contribution is 2.28. The molecule has 7 heteroatoms. The maximum absolute atomic E-state index is 13.2. The summed E-state index contributed by atoms with van der Waals surface area (Å²) in [7, 11) is 0. The first kappa shape index (κ1) is 18.4. The number of aromatic nitrogens is 1. The molecule has 29 heavy (non-hydrogen) atoms. The van der Waals surface area contributed by atoms with E-state index in [1.807, 2.05) is 30.3 Å². The molecular formula is C22H16N2O5. The van der Waals surface area contributed by atoms with E-state index in [9.17, 15) is 19.7 Å². The molecule has 0 aliphatic carbocycles. The van der Waals surface area contributed by atoms with Crippen LogP contribution in [0.1, 0.15) is 33.3 Å². The molecule has 0 aliphatic rings. The molecule has 0 N–H and O–H groups in total. The van der Waals surface area contributed by atoms with E-state index in [-0.39, 0.29) is 29.1 Å². The molecule has 0 spiro atoms. The number of pyridine rings is 1. The maximum atomic E-state index is 13.2. The highest BCUT2D eigenvalue weighted by Gasteiger charge is 2.23. The lowest BCUT2D eigenvalue weighted by molar-refractivity contribution is -0.384. The van der Waals surface area contributed by atoms with Gasteiger partial charge in [-0.15, -0.1) is 0 Å². The van der Waals surface area contributed by atoms with Crippen LogP contribution in [0.4, 0.5) is 5.69 Å². The summed E-state index contributed by atoms with van der Waals surface area (Å²) >= 11 is 0. The fourth-order valence-corrected chi connectivity index (χ4v) is 3.42.